The Morgan fingerprint density at radius 3 is 2.31 bits per heavy atom. The van der Waals surface area contributed by atoms with Crippen molar-refractivity contribution in [2.45, 2.75) is 27.7 Å². The molecule has 1 aromatic rings. The van der Waals surface area contributed by atoms with Crippen molar-refractivity contribution < 1.29 is 4.79 Å². The third-order valence-corrected chi connectivity index (χ3v) is 3.03. The Kier molecular flexibility index (Phi) is 3.87. The van der Waals surface area contributed by atoms with Crippen LogP contribution in [0.4, 0.5) is 5.69 Å². The predicted octanol–water partition coefficient (Wildman–Crippen LogP) is 4.29. The van der Waals surface area contributed by atoms with Crippen molar-refractivity contribution in [3.8, 4) is 0 Å². The molecule has 0 radical (unpaired) electrons. The molecule has 0 spiro atoms. The molecule has 1 rings (SSSR count). The quantitative estimate of drug-likeness (QED) is 0.801. The first-order valence-electron chi connectivity index (χ1n) is 4.99. The van der Waals surface area contributed by atoms with Gasteiger partial charge in [0.05, 0.1) is 15.7 Å². The maximum absolute atomic E-state index is 11.8. The largest absolute Gasteiger partial charge is 0.324 e. The molecule has 0 saturated carbocycles. The number of halogens is 2. The molecule has 1 N–H and O–H groups in total. The summed E-state index contributed by atoms with van der Waals surface area (Å²) in [6.45, 7) is 7.41. The van der Waals surface area contributed by atoms with Gasteiger partial charge in [0.1, 0.15) is 0 Å². The topological polar surface area (TPSA) is 29.1 Å². The third-order valence-electron chi connectivity index (χ3n) is 2.22. The highest BCUT2D eigenvalue weighted by Gasteiger charge is 2.23. The van der Waals surface area contributed by atoms with Crippen LogP contribution in [0.5, 0.6) is 0 Å². The van der Waals surface area contributed by atoms with Crippen LogP contribution in [-0.4, -0.2) is 5.91 Å². The summed E-state index contributed by atoms with van der Waals surface area (Å²) in [5.74, 6) is -0.0835. The highest BCUT2D eigenvalue weighted by atomic mass is 35.5. The molecule has 2 nitrogen and oxygen atoms in total. The van der Waals surface area contributed by atoms with Gasteiger partial charge in [0.25, 0.3) is 0 Å². The van der Waals surface area contributed by atoms with E-state index in [1.807, 2.05) is 33.8 Å². The number of benzene rings is 1. The number of nitrogens with one attached hydrogen (secondary N) is 1. The Balaban J connectivity index is 3.07. The molecule has 0 unspecified atom stereocenters. The Morgan fingerprint density at radius 2 is 1.81 bits per heavy atom. The van der Waals surface area contributed by atoms with Gasteiger partial charge < -0.3 is 5.32 Å². The summed E-state index contributed by atoms with van der Waals surface area (Å²) in [5, 5.41) is 3.63. The zero-order valence-corrected chi connectivity index (χ0v) is 11.3. The minimum atomic E-state index is -0.460. The van der Waals surface area contributed by atoms with Crippen molar-refractivity contribution in [1.82, 2.24) is 0 Å². The van der Waals surface area contributed by atoms with E-state index >= 15 is 0 Å². The van der Waals surface area contributed by atoms with Crippen molar-refractivity contribution in [2.24, 2.45) is 5.41 Å². The van der Waals surface area contributed by atoms with Gasteiger partial charge in [-0.3, -0.25) is 4.79 Å². The van der Waals surface area contributed by atoms with Gasteiger partial charge >= 0.3 is 0 Å². The number of anilines is 1. The van der Waals surface area contributed by atoms with Crippen LogP contribution in [0, 0.1) is 12.3 Å². The minimum absolute atomic E-state index is 0.0835. The van der Waals surface area contributed by atoms with Crippen molar-refractivity contribution in [3.63, 3.8) is 0 Å². The van der Waals surface area contributed by atoms with Gasteiger partial charge in [-0.2, -0.15) is 0 Å². The summed E-state index contributed by atoms with van der Waals surface area (Å²) in [4.78, 5) is 11.8. The summed E-state index contributed by atoms with van der Waals surface area (Å²) < 4.78 is 0. The first-order chi connectivity index (χ1) is 7.23. The fraction of sp³-hybridized carbons (Fsp3) is 0.417. The highest BCUT2D eigenvalue weighted by molar-refractivity contribution is 6.44. The molecule has 4 heteroatoms. The van der Waals surface area contributed by atoms with Crippen LogP contribution in [0.3, 0.4) is 0 Å². The first-order valence-corrected chi connectivity index (χ1v) is 5.75. The van der Waals surface area contributed by atoms with E-state index in [0.29, 0.717) is 15.7 Å². The Hall–Kier alpha value is -0.730. The molecule has 0 heterocycles. The summed E-state index contributed by atoms with van der Waals surface area (Å²) in [7, 11) is 0. The van der Waals surface area contributed by atoms with E-state index in [4.69, 9.17) is 23.2 Å². The van der Waals surface area contributed by atoms with Gasteiger partial charge in [0.2, 0.25) is 5.91 Å². The summed E-state index contributed by atoms with van der Waals surface area (Å²) in [6.07, 6.45) is 0. The lowest BCUT2D eigenvalue weighted by Gasteiger charge is -2.19. The van der Waals surface area contributed by atoms with E-state index in [9.17, 15) is 4.79 Å². The van der Waals surface area contributed by atoms with Crippen LogP contribution >= 0.6 is 23.2 Å². The predicted molar refractivity (Wildman–Crippen MR) is 69.3 cm³/mol. The van der Waals surface area contributed by atoms with Gasteiger partial charge in [-0.05, 0) is 18.6 Å². The molecule has 0 aliphatic heterocycles. The molecule has 0 atom stereocenters. The van der Waals surface area contributed by atoms with Crippen LogP contribution in [-0.2, 0) is 4.79 Å². The zero-order chi connectivity index (χ0) is 12.5. The Labute approximate surface area is 106 Å². The Bertz CT molecular complexity index is 422. The lowest BCUT2D eigenvalue weighted by atomic mass is 9.95. The second-order valence-corrected chi connectivity index (χ2v) is 5.54. The summed E-state index contributed by atoms with van der Waals surface area (Å²) in [5.41, 5.74) is 1.03. The van der Waals surface area contributed by atoms with Crippen molar-refractivity contribution in [1.29, 1.82) is 0 Å². The molecule has 0 aliphatic carbocycles. The monoisotopic (exact) mass is 259 g/mol. The van der Waals surface area contributed by atoms with Gasteiger partial charge in [0.15, 0.2) is 0 Å². The van der Waals surface area contributed by atoms with Crippen LogP contribution in [0.25, 0.3) is 0 Å². The average Bonchev–Trinajstić information content (AvgIpc) is 2.17. The standard InChI is InChI=1S/C12H15Cl2NO/c1-7-5-6-8(13)9(14)10(7)15-11(16)12(2,3)4/h5-6H,1-4H3,(H,15,16). The van der Waals surface area contributed by atoms with E-state index < -0.39 is 5.41 Å². The van der Waals surface area contributed by atoms with Crippen molar-refractivity contribution in [2.75, 3.05) is 5.32 Å². The fourth-order valence-electron chi connectivity index (χ4n) is 1.10. The van der Waals surface area contributed by atoms with Crippen LogP contribution in [0.2, 0.25) is 10.0 Å². The SMILES string of the molecule is Cc1ccc(Cl)c(Cl)c1NC(=O)C(C)(C)C. The molecule has 0 bridgehead atoms. The van der Waals surface area contributed by atoms with Gasteiger partial charge in [0, 0.05) is 5.41 Å². The second-order valence-electron chi connectivity index (χ2n) is 4.76. The average molecular weight is 260 g/mol. The van der Waals surface area contributed by atoms with Crippen LogP contribution < -0.4 is 5.32 Å². The number of carbonyl (C=O) groups is 1. The molecule has 1 amide bonds. The maximum Gasteiger partial charge on any atom is 0.229 e. The lowest BCUT2D eigenvalue weighted by molar-refractivity contribution is -0.123. The number of amides is 1. The zero-order valence-electron chi connectivity index (χ0n) is 9.82. The molecule has 1 aromatic carbocycles. The normalized spacial score (nSPS) is 11.4. The lowest BCUT2D eigenvalue weighted by Crippen LogP contribution is -2.28. The van der Waals surface area contributed by atoms with Crippen molar-refractivity contribution >= 4 is 34.8 Å². The van der Waals surface area contributed by atoms with Gasteiger partial charge in [-0.25, -0.2) is 0 Å². The fourth-order valence-corrected chi connectivity index (χ4v) is 1.52. The van der Waals surface area contributed by atoms with E-state index in [-0.39, 0.29) is 5.91 Å². The second kappa shape index (κ2) is 4.64. The molecule has 0 fully saturated rings. The molecular formula is C12H15Cl2NO. The van der Waals surface area contributed by atoms with Crippen LogP contribution in [0.1, 0.15) is 26.3 Å². The van der Waals surface area contributed by atoms with E-state index in [1.54, 1.807) is 6.07 Å². The smallest absolute Gasteiger partial charge is 0.229 e. The maximum atomic E-state index is 11.8. The highest BCUT2D eigenvalue weighted by Crippen LogP contribution is 2.33. The van der Waals surface area contributed by atoms with E-state index in [2.05, 4.69) is 5.32 Å². The first kappa shape index (κ1) is 13.3. The van der Waals surface area contributed by atoms with Gasteiger partial charge in [-0.15, -0.1) is 0 Å². The number of hydrogen-bond donors (Lipinski definition) is 1. The number of carbonyl (C=O) groups excluding carboxylic acids is 1. The van der Waals surface area contributed by atoms with Crippen LogP contribution in [0.15, 0.2) is 12.1 Å². The molecule has 0 aromatic heterocycles. The summed E-state index contributed by atoms with van der Waals surface area (Å²) in [6, 6.07) is 3.54. The Morgan fingerprint density at radius 1 is 1.25 bits per heavy atom. The van der Waals surface area contributed by atoms with Gasteiger partial charge in [-0.1, -0.05) is 50.0 Å². The molecule has 88 valence electrons. The number of aryl methyl sites for hydroxylation is 1. The summed E-state index contributed by atoms with van der Waals surface area (Å²) >= 11 is 11.9. The minimum Gasteiger partial charge on any atom is -0.324 e. The molecule has 0 saturated heterocycles. The molecular weight excluding hydrogens is 245 g/mol. The van der Waals surface area contributed by atoms with E-state index in [0.717, 1.165) is 5.56 Å². The number of hydrogen-bond acceptors (Lipinski definition) is 1. The van der Waals surface area contributed by atoms with E-state index in [1.165, 1.54) is 0 Å². The third kappa shape index (κ3) is 2.89. The molecule has 0 aliphatic rings. The molecule has 16 heavy (non-hydrogen) atoms. The van der Waals surface area contributed by atoms with Crippen molar-refractivity contribution in [3.05, 3.63) is 27.7 Å². The number of rotatable bonds is 1.